The van der Waals surface area contributed by atoms with Crippen molar-refractivity contribution in [3.63, 3.8) is 0 Å². The maximum absolute atomic E-state index is 12.1. The molecule has 2 rings (SSSR count). The Labute approximate surface area is 141 Å². The van der Waals surface area contributed by atoms with Crippen molar-refractivity contribution < 1.29 is 4.79 Å². The van der Waals surface area contributed by atoms with Crippen molar-refractivity contribution in [1.82, 2.24) is 15.2 Å². The van der Waals surface area contributed by atoms with Crippen LogP contribution in [0.5, 0.6) is 0 Å². The van der Waals surface area contributed by atoms with Crippen LogP contribution in [0.1, 0.15) is 16.8 Å². The van der Waals surface area contributed by atoms with Gasteiger partial charge in [0.25, 0.3) is 5.91 Å². The number of carbonyl (C=O) groups is 1. The van der Waals surface area contributed by atoms with Gasteiger partial charge in [-0.15, -0.1) is 0 Å². The Hall–Kier alpha value is -2.11. The molecule has 2 N–H and O–H groups in total. The zero-order valence-corrected chi connectivity index (χ0v) is 14.1. The molecule has 0 unspecified atom stereocenters. The zero-order valence-electron chi connectivity index (χ0n) is 13.3. The molecule has 0 aliphatic heterocycles. The minimum atomic E-state index is -0.126. The van der Waals surface area contributed by atoms with E-state index in [2.05, 4.69) is 20.5 Å². The van der Waals surface area contributed by atoms with Crippen molar-refractivity contribution in [2.45, 2.75) is 6.42 Å². The zero-order chi connectivity index (χ0) is 16.7. The first-order valence-corrected chi connectivity index (χ1v) is 7.83. The second kappa shape index (κ2) is 8.50. The van der Waals surface area contributed by atoms with Gasteiger partial charge < -0.3 is 15.5 Å². The van der Waals surface area contributed by atoms with Gasteiger partial charge in [0.1, 0.15) is 0 Å². The van der Waals surface area contributed by atoms with Crippen LogP contribution in [0.15, 0.2) is 42.7 Å². The smallest absolute Gasteiger partial charge is 0.252 e. The summed E-state index contributed by atoms with van der Waals surface area (Å²) in [5.74, 6) is -0.126. The highest BCUT2D eigenvalue weighted by Gasteiger charge is 2.07. The molecule has 122 valence electrons. The summed E-state index contributed by atoms with van der Waals surface area (Å²) in [5.41, 5.74) is 2.02. The third-order valence-corrected chi connectivity index (χ3v) is 3.55. The summed E-state index contributed by atoms with van der Waals surface area (Å²) in [7, 11) is 4.02. The van der Waals surface area contributed by atoms with Gasteiger partial charge in [0.2, 0.25) is 0 Å². The highest BCUT2D eigenvalue weighted by molar-refractivity contribution is 6.33. The Bertz CT molecular complexity index is 661. The number of nitrogens with one attached hydrogen (secondary N) is 2. The van der Waals surface area contributed by atoms with Crippen molar-refractivity contribution in [3.05, 3.63) is 53.3 Å². The number of nitrogens with zero attached hydrogens (tertiary/aromatic N) is 2. The van der Waals surface area contributed by atoms with E-state index in [4.69, 9.17) is 11.6 Å². The van der Waals surface area contributed by atoms with E-state index in [1.165, 1.54) is 0 Å². The highest BCUT2D eigenvalue weighted by atomic mass is 35.5. The molecular formula is C17H21ClN4O. The summed E-state index contributed by atoms with van der Waals surface area (Å²) in [5, 5.41) is 6.68. The van der Waals surface area contributed by atoms with Crippen LogP contribution in [0.25, 0.3) is 0 Å². The van der Waals surface area contributed by atoms with Crippen LogP contribution in [0.3, 0.4) is 0 Å². The minimum absolute atomic E-state index is 0.126. The van der Waals surface area contributed by atoms with Crippen molar-refractivity contribution >= 4 is 28.9 Å². The first-order chi connectivity index (χ1) is 11.1. The van der Waals surface area contributed by atoms with Gasteiger partial charge in [0.15, 0.2) is 0 Å². The Kier molecular flexibility index (Phi) is 6.38. The molecule has 0 fully saturated rings. The number of pyridine rings is 1. The van der Waals surface area contributed by atoms with Crippen LogP contribution in [0, 0.1) is 0 Å². The molecule has 1 heterocycles. The van der Waals surface area contributed by atoms with Gasteiger partial charge in [-0.2, -0.15) is 0 Å². The lowest BCUT2D eigenvalue weighted by Crippen LogP contribution is -2.27. The third kappa shape index (κ3) is 5.54. The third-order valence-electron chi connectivity index (χ3n) is 3.22. The largest absolute Gasteiger partial charge is 0.353 e. The van der Waals surface area contributed by atoms with Gasteiger partial charge in [-0.1, -0.05) is 23.7 Å². The predicted molar refractivity (Wildman–Crippen MR) is 94.5 cm³/mol. The van der Waals surface area contributed by atoms with E-state index in [9.17, 15) is 4.79 Å². The number of rotatable bonds is 7. The molecule has 0 aliphatic carbocycles. The first-order valence-electron chi connectivity index (χ1n) is 7.46. The van der Waals surface area contributed by atoms with E-state index in [0.717, 1.165) is 24.3 Å². The van der Waals surface area contributed by atoms with Gasteiger partial charge in [-0.3, -0.25) is 9.78 Å². The molecule has 6 heteroatoms. The van der Waals surface area contributed by atoms with E-state index in [1.54, 1.807) is 24.5 Å². The minimum Gasteiger partial charge on any atom is -0.353 e. The topological polar surface area (TPSA) is 57.3 Å². The molecule has 0 saturated heterocycles. The Morgan fingerprint density at radius 2 is 2.04 bits per heavy atom. The Balaban J connectivity index is 1.96. The van der Waals surface area contributed by atoms with E-state index in [-0.39, 0.29) is 5.91 Å². The maximum atomic E-state index is 12.1. The van der Waals surface area contributed by atoms with Gasteiger partial charge in [-0.05, 0) is 45.3 Å². The average molecular weight is 333 g/mol. The van der Waals surface area contributed by atoms with Crippen LogP contribution < -0.4 is 10.6 Å². The summed E-state index contributed by atoms with van der Waals surface area (Å²) in [6.07, 6.45) is 4.12. The van der Waals surface area contributed by atoms with Gasteiger partial charge in [0, 0.05) is 12.7 Å². The molecule has 0 spiro atoms. The lowest BCUT2D eigenvalue weighted by molar-refractivity contribution is 0.0952. The van der Waals surface area contributed by atoms with Crippen LogP contribution in [-0.4, -0.2) is 43.0 Å². The summed E-state index contributed by atoms with van der Waals surface area (Å²) >= 11 is 6.12. The van der Waals surface area contributed by atoms with E-state index >= 15 is 0 Å². The van der Waals surface area contributed by atoms with Crippen LogP contribution >= 0.6 is 11.6 Å². The molecule has 1 aromatic heterocycles. The maximum Gasteiger partial charge on any atom is 0.252 e. The standard InChI is InChI=1S/C17H21ClN4O/c1-22(2)9-5-8-20-17(23)13-10-14(12-19-11-13)21-16-7-4-3-6-15(16)18/h3-4,6-7,10-12,21H,5,8-9H2,1-2H3,(H,20,23). The Morgan fingerprint density at radius 3 is 2.78 bits per heavy atom. The summed E-state index contributed by atoms with van der Waals surface area (Å²) < 4.78 is 0. The molecule has 0 atom stereocenters. The average Bonchev–Trinajstić information content (AvgIpc) is 2.54. The monoisotopic (exact) mass is 332 g/mol. The SMILES string of the molecule is CN(C)CCCNC(=O)c1cncc(Nc2ccccc2Cl)c1. The predicted octanol–water partition coefficient (Wildman–Crippen LogP) is 3.16. The van der Waals surface area contributed by atoms with Crippen molar-refractivity contribution in [2.24, 2.45) is 0 Å². The van der Waals surface area contributed by atoms with Crippen molar-refractivity contribution in [2.75, 3.05) is 32.5 Å². The van der Waals surface area contributed by atoms with Crippen LogP contribution in [0.4, 0.5) is 11.4 Å². The van der Waals surface area contributed by atoms with Crippen molar-refractivity contribution in [1.29, 1.82) is 0 Å². The Morgan fingerprint density at radius 1 is 1.26 bits per heavy atom. The van der Waals surface area contributed by atoms with E-state index < -0.39 is 0 Å². The van der Waals surface area contributed by atoms with E-state index in [0.29, 0.717) is 17.1 Å². The van der Waals surface area contributed by atoms with Gasteiger partial charge in [0.05, 0.1) is 28.2 Å². The molecule has 0 bridgehead atoms. The number of benzene rings is 1. The summed E-state index contributed by atoms with van der Waals surface area (Å²) in [6.45, 7) is 1.58. The number of amides is 1. The fourth-order valence-corrected chi connectivity index (χ4v) is 2.23. The summed E-state index contributed by atoms with van der Waals surface area (Å²) in [6, 6.07) is 9.19. The molecule has 5 nitrogen and oxygen atoms in total. The van der Waals surface area contributed by atoms with Gasteiger partial charge in [-0.25, -0.2) is 0 Å². The molecule has 1 amide bonds. The number of hydrogen-bond acceptors (Lipinski definition) is 4. The lowest BCUT2D eigenvalue weighted by atomic mass is 10.2. The first kappa shape index (κ1) is 17.2. The molecule has 1 aromatic carbocycles. The molecular weight excluding hydrogens is 312 g/mol. The number of anilines is 2. The normalized spacial score (nSPS) is 10.6. The number of para-hydroxylation sites is 1. The van der Waals surface area contributed by atoms with E-state index in [1.807, 2.05) is 32.3 Å². The van der Waals surface area contributed by atoms with Crippen LogP contribution in [0.2, 0.25) is 5.02 Å². The van der Waals surface area contributed by atoms with Crippen LogP contribution in [-0.2, 0) is 0 Å². The molecule has 0 saturated carbocycles. The fourth-order valence-electron chi connectivity index (χ4n) is 2.05. The fraction of sp³-hybridized carbons (Fsp3) is 0.294. The number of aromatic nitrogens is 1. The molecule has 2 aromatic rings. The molecule has 23 heavy (non-hydrogen) atoms. The summed E-state index contributed by atoms with van der Waals surface area (Å²) in [4.78, 5) is 18.3. The number of halogens is 1. The number of hydrogen-bond donors (Lipinski definition) is 2. The highest BCUT2D eigenvalue weighted by Crippen LogP contribution is 2.24. The molecule has 0 radical (unpaired) electrons. The van der Waals surface area contributed by atoms with Gasteiger partial charge >= 0.3 is 0 Å². The van der Waals surface area contributed by atoms with Crippen molar-refractivity contribution in [3.8, 4) is 0 Å². The second-order valence-electron chi connectivity index (χ2n) is 5.48. The second-order valence-corrected chi connectivity index (χ2v) is 5.89. The quantitative estimate of drug-likeness (QED) is 0.765. The molecule has 0 aliphatic rings. The lowest BCUT2D eigenvalue weighted by Gasteiger charge is -2.11. The number of carbonyl (C=O) groups excluding carboxylic acids is 1.